The Labute approximate surface area is 169 Å². The fraction of sp³-hybridized carbons (Fsp3) is 0.533. The van der Waals surface area contributed by atoms with Crippen LogP contribution in [-0.4, -0.2) is 77.3 Å². The van der Waals surface area contributed by atoms with E-state index in [1.807, 2.05) is 0 Å². The van der Waals surface area contributed by atoms with Crippen LogP contribution < -0.4 is 21.3 Å². The Morgan fingerprint density at radius 2 is 1.38 bits per heavy atom. The molecule has 1 rings (SSSR count). The van der Waals surface area contributed by atoms with Crippen molar-refractivity contribution in [3.8, 4) is 0 Å². The van der Waals surface area contributed by atoms with Gasteiger partial charge in [0.15, 0.2) is 0 Å². The molecule has 0 aliphatic heterocycles. The lowest BCUT2D eigenvalue weighted by atomic mass is 10.2. The number of aryl methyl sites for hydroxylation is 1. The summed E-state index contributed by atoms with van der Waals surface area (Å²) in [7, 11) is 0. The van der Waals surface area contributed by atoms with Gasteiger partial charge < -0.3 is 30.8 Å². The van der Waals surface area contributed by atoms with E-state index in [1.54, 1.807) is 6.26 Å². The maximum absolute atomic E-state index is 11.7. The van der Waals surface area contributed by atoms with Crippen LogP contribution in [0.25, 0.3) is 0 Å². The van der Waals surface area contributed by atoms with Gasteiger partial charge in [0.2, 0.25) is 29.5 Å². The number of carboxylic acid groups (broad SMARTS) is 1. The summed E-state index contributed by atoms with van der Waals surface area (Å²) in [4.78, 5) is 56.3. The van der Waals surface area contributed by atoms with Crippen LogP contribution in [0.2, 0.25) is 0 Å². The van der Waals surface area contributed by atoms with E-state index < -0.39 is 43.3 Å². The minimum Gasteiger partial charge on any atom is -0.480 e. The van der Waals surface area contributed by atoms with Gasteiger partial charge in [0.25, 0.3) is 5.22 Å². The van der Waals surface area contributed by atoms with Crippen molar-refractivity contribution in [1.29, 1.82) is 0 Å². The summed E-state index contributed by atoms with van der Waals surface area (Å²) in [6.07, 6.45) is 2.87. The van der Waals surface area contributed by atoms with Crippen LogP contribution >= 0.6 is 11.8 Å². The first-order valence-electron chi connectivity index (χ1n) is 8.45. The smallest absolute Gasteiger partial charge is 0.322 e. The van der Waals surface area contributed by atoms with E-state index in [-0.39, 0.29) is 18.9 Å². The largest absolute Gasteiger partial charge is 0.480 e. The standard InChI is InChI=1S/C15H22N6O7S/c1-29-15-21-20-13(28-15)4-2-3-9(22)16-5-10(23)17-6-11(24)18-7-12(25)19-8-14(26)27/h2-8H2,1H3,(H,16,22)(H,17,23)(H,18,24)(H,19,25)(H,26,27). The van der Waals surface area contributed by atoms with Crippen LogP contribution in [0.3, 0.4) is 0 Å². The fourth-order valence-electron chi connectivity index (χ4n) is 1.81. The van der Waals surface area contributed by atoms with Crippen molar-refractivity contribution >= 4 is 41.4 Å². The van der Waals surface area contributed by atoms with E-state index in [4.69, 9.17) is 9.52 Å². The molecule has 13 nitrogen and oxygen atoms in total. The molecule has 0 aliphatic rings. The number of amides is 4. The number of nitrogens with zero attached hydrogens (tertiary/aromatic N) is 2. The molecule has 0 bridgehead atoms. The van der Waals surface area contributed by atoms with Crippen molar-refractivity contribution in [3.05, 3.63) is 5.89 Å². The molecule has 14 heteroatoms. The van der Waals surface area contributed by atoms with Gasteiger partial charge in [0.1, 0.15) is 6.54 Å². The van der Waals surface area contributed by atoms with Gasteiger partial charge in [-0.3, -0.25) is 24.0 Å². The average molecular weight is 430 g/mol. The molecule has 0 saturated heterocycles. The van der Waals surface area contributed by atoms with Crippen LogP contribution in [0.5, 0.6) is 0 Å². The van der Waals surface area contributed by atoms with Crippen molar-refractivity contribution in [2.24, 2.45) is 0 Å². The number of hydrogen-bond acceptors (Lipinski definition) is 9. The summed E-state index contributed by atoms with van der Waals surface area (Å²) in [6, 6.07) is 0. The molecule has 0 aromatic carbocycles. The normalized spacial score (nSPS) is 10.1. The Balaban J connectivity index is 2.09. The maximum atomic E-state index is 11.7. The minimum atomic E-state index is -1.21. The Kier molecular flexibility index (Phi) is 10.8. The zero-order chi connectivity index (χ0) is 21.6. The van der Waals surface area contributed by atoms with Crippen molar-refractivity contribution in [2.45, 2.75) is 24.5 Å². The molecule has 0 spiro atoms. The van der Waals surface area contributed by atoms with Gasteiger partial charge in [0, 0.05) is 12.8 Å². The Morgan fingerprint density at radius 1 is 0.862 bits per heavy atom. The number of aliphatic carboxylic acids is 1. The molecule has 0 atom stereocenters. The molecule has 1 aromatic heterocycles. The summed E-state index contributed by atoms with van der Waals surface area (Å²) >= 11 is 1.32. The Morgan fingerprint density at radius 3 is 1.86 bits per heavy atom. The molecule has 4 amide bonds. The quantitative estimate of drug-likeness (QED) is 0.212. The number of carbonyl (C=O) groups is 5. The van der Waals surface area contributed by atoms with Gasteiger partial charge in [-0.15, -0.1) is 10.2 Å². The van der Waals surface area contributed by atoms with Crippen molar-refractivity contribution in [2.75, 3.05) is 32.4 Å². The van der Waals surface area contributed by atoms with E-state index in [0.717, 1.165) is 0 Å². The van der Waals surface area contributed by atoms with E-state index in [1.165, 1.54) is 11.8 Å². The van der Waals surface area contributed by atoms with Gasteiger partial charge in [-0.05, 0) is 12.7 Å². The van der Waals surface area contributed by atoms with E-state index in [2.05, 4.69) is 31.5 Å². The number of hydrogen-bond donors (Lipinski definition) is 5. The van der Waals surface area contributed by atoms with E-state index >= 15 is 0 Å². The molecule has 0 radical (unpaired) electrons. The van der Waals surface area contributed by atoms with Gasteiger partial charge >= 0.3 is 5.97 Å². The summed E-state index contributed by atoms with van der Waals surface area (Å²) in [6.45, 7) is -1.67. The second-order valence-electron chi connectivity index (χ2n) is 5.52. The number of aromatic nitrogens is 2. The van der Waals surface area contributed by atoms with Crippen LogP contribution in [0.1, 0.15) is 18.7 Å². The predicted octanol–water partition coefficient (Wildman–Crippen LogP) is -2.34. The Hall–Kier alpha value is -3.16. The van der Waals surface area contributed by atoms with Gasteiger partial charge in [0.05, 0.1) is 19.6 Å². The van der Waals surface area contributed by atoms with E-state index in [0.29, 0.717) is 24.0 Å². The lowest BCUT2D eigenvalue weighted by Gasteiger charge is -2.08. The molecular weight excluding hydrogens is 408 g/mol. The highest BCUT2D eigenvalue weighted by Gasteiger charge is 2.10. The molecule has 0 saturated carbocycles. The molecule has 1 aromatic rings. The van der Waals surface area contributed by atoms with Gasteiger partial charge in [-0.1, -0.05) is 11.8 Å². The second kappa shape index (κ2) is 13.1. The first-order valence-corrected chi connectivity index (χ1v) is 9.67. The molecule has 0 fully saturated rings. The number of carbonyl (C=O) groups excluding carboxylic acids is 4. The van der Waals surface area contributed by atoms with Gasteiger partial charge in [-0.2, -0.15) is 0 Å². The maximum Gasteiger partial charge on any atom is 0.322 e. The predicted molar refractivity (Wildman–Crippen MR) is 98.7 cm³/mol. The van der Waals surface area contributed by atoms with Gasteiger partial charge in [-0.25, -0.2) is 0 Å². The van der Waals surface area contributed by atoms with Crippen molar-refractivity contribution < 1.29 is 33.5 Å². The zero-order valence-electron chi connectivity index (χ0n) is 15.6. The highest BCUT2D eigenvalue weighted by molar-refractivity contribution is 7.98. The average Bonchev–Trinajstić information content (AvgIpc) is 3.15. The van der Waals surface area contributed by atoms with Crippen LogP contribution in [-0.2, 0) is 30.4 Å². The second-order valence-corrected chi connectivity index (χ2v) is 6.28. The number of nitrogens with one attached hydrogen (secondary N) is 4. The Bertz CT molecular complexity index is 738. The van der Waals surface area contributed by atoms with Crippen LogP contribution in [0, 0.1) is 0 Å². The van der Waals surface area contributed by atoms with Crippen molar-refractivity contribution in [1.82, 2.24) is 31.5 Å². The minimum absolute atomic E-state index is 0.163. The number of rotatable bonds is 13. The third kappa shape index (κ3) is 11.3. The molecule has 0 unspecified atom stereocenters. The topological polar surface area (TPSA) is 193 Å². The zero-order valence-corrected chi connectivity index (χ0v) is 16.5. The molecule has 29 heavy (non-hydrogen) atoms. The monoisotopic (exact) mass is 430 g/mol. The fourth-order valence-corrected chi connectivity index (χ4v) is 2.11. The molecule has 0 aliphatic carbocycles. The van der Waals surface area contributed by atoms with Crippen LogP contribution in [0.4, 0.5) is 0 Å². The lowest BCUT2D eigenvalue weighted by molar-refractivity contribution is -0.137. The summed E-state index contributed by atoms with van der Waals surface area (Å²) in [5.41, 5.74) is 0. The molecular formula is C15H22N6O7S. The summed E-state index contributed by atoms with van der Waals surface area (Å²) in [5.74, 6) is -3.01. The highest BCUT2D eigenvalue weighted by atomic mass is 32.2. The first kappa shape index (κ1) is 23.9. The third-order valence-electron chi connectivity index (χ3n) is 3.19. The van der Waals surface area contributed by atoms with Crippen molar-refractivity contribution in [3.63, 3.8) is 0 Å². The SMILES string of the molecule is CSc1nnc(CCCC(=O)NCC(=O)NCC(=O)NCC(=O)NCC(=O)O)o1. The summed E-state index contributed by atoms with van der Waals surface area (Å²) in [5, 5.41) is 25.4. The first-order chi connectivity index (χ1) is 13.8. The molecule has 160 valence electrons. The number of thioether (sulfide) groups is 1. The van der Waals surface area contributed by atoms with E-state index in [9.17, 15) is 24.0 Å². The highest BCUT2D eigenvalue weighted by Crippen LogP contribution is 2.13. The third-order valence-corrected chi connectivity index (χ3v) is 3.71. The lowest BCUT2D eigenvalue weighted by Crippen LogP contribution is -2.44. The van der Waals surface area contributed by atoms with Crippen LogP contribution in [0.15, 0.2) is 9.64 Å². The number of carboxylic acids is 1. The molecule has 5 N–H and O–H groups in total. The molecule has 1 heterocycles. The summed E-state index contributed by atoms with van der Waals surface area (Å²) < 4.78 is 5.28.